The van der Waals surface area contributed by atoms with E-state index in [2.05, 4.69) is 15.5 Å². The van der Waals surface area contributed by atoms with Gasteiger partial charge in [0.25, 0.3) is 0 Å². The summed E-state index contributed by atoms with van der Waals surface area (Å²) in [4.78, 5) is 4.06. The number of hydrazone groups is 1. The minimum Gasteiger partial charge on any atom is -0.260 e. The lowest BCUT2D eigenvalue weighted by Gasteiger charge is -2.04. The standard InChI is InChI=1S/C13H11Cl2N3/c1-9(10-5-3-2-4-6-10)17-18-13-12(15)7-11(14)8-16-13/h2-8H,1H3,(H,16,18)/b17-9+. The summed E-state index contributed by atoms with van der Waals surface area (Å²) in [6, 6.07) is 11.5. The molecule has 0 aliphatic heterocycles. The first-order chi connectivity index (χ1) is 8.66. The monoisotopic (exact) mass is 279 g/mol. The SMILES string of the molecule is C/C(=N\Nc1ncc(Cl)cc1Cl)c1ccccc1. The van der Waals surface area contributed by atoms with Gasteiger partial charge < -0.3 is 0 Å². The molecule has 0 bridgehead atoms. The normalized spacial score (nSPS) is 11.4. The molecule has 0 saturated heterocycles. The van der Waals surface area contributed by atoms with Crippen molar-refractivity contribution >= 4 is 34.7 Å². The van der Waals surface area contributed by atoms with E-state index in [4.69, 9.17) is 23.2 Å². The maximum absolute atomic E-state index is 5.98. The minimum atomic E-state index is 0.437. The van der Waals surface area contributed by atoms with Gasteiger partial charge in [-0.25, -0.2) is 4.98 Å². The van der Waals surface area contributed by atoms with Crippen LogP contribution in [0.4, 0.5) is 5.82 Å². The van der Waals surface area contributed by atoms with Crippen LogP contribution in [0.15, 0.2) is 47.7 Å². The molecule has 0 aliphatic carbocycles. The predicted octanol–water partition coefficient (Wildman–Crippen LogP) is 4.22. The number of nitrogens with one attached hydrogen (secondary N) is 1. The maximum Gasteiger partial charge on any atom is 0.165 e. The van der Waals surface area contributed by atoms with Gasteiger partial charge >= 0.3 is 0 Å². The average molecular weight is 280 g/mol. The van der Waals surface area contributed by atoms with E-state index in [1.54, 1.807) is 6.07 Å². The molecule has 1 heterocycles. The van der Waals surface area contributed by atoms with Crippen LogP contribution in [0.2, 0.25) is 10.0 Å². The first kappa shape index (κ1) is 12.9. The fraction of sp³-hybridized carbons (Fsp3) is 0.0769. The molecule has 1 aromatic carbocycles. The number of aromatic nitrogens is 1. The van der Waals surface area contributed by atoms with Crippen LogP contribution in [0, 0.1) is 0 Å². The molecule has 0 amide bonds. The molecule has 0 unspecified atom stereocenters. The second kappa shape index (κ2) is 5.85. The summed E-state index contributed by atoms with van der Waals surface area (Å²) in [7, 11) is 0. The zero-order chi connectivity index (χ0) is 13.0. The van der Waals surface area contributed by atoms with Crippen LogP contribution < -0.4 is 5.43 Å². The Hall–Kier alpha value is -1.58. The molecular weight excluding hydrogens is 269 g/mol. The lowest BCUT2D eigenvalue weighted by atomic mass is 10.1. The highest BCUT2D eigenvalue weighted by atomic mass is 35.5. The van der Waals surface area contributed by atoms with E-state index in [1.807, 2.05) is 37.3 Å². The maximum atomic E-state index is 5.98. The van der Waals surface area contributed by atoms with Crippen molar-refractivity contribution in [1.29, 1.82) is 0 Å². The Morgan fingerprint density at radius 3 is 2.61 bits per heavy atom. The molecule has 92 valence electrons. The molecule has 2 aromatic rings. The molecule has 3 nitrogen and oxygen atoms in total. The van der Waals surface area contributed by atoms with Crippen molar-refractivity contribution in [3.05, 3.63) is 58.2 Å². The number of pyridine rings is 1. The van der Waals surface area contributed by atoms with Gasteiger partial charge in [-0.2, -0.15) is 5.10 Å². The molecule has 0 saturated carbocycles. The second-order valence-electron chi connectivity index (χ2n) is 3.66. The number of rotatable bonds is 3. The number of nitrogens with zero attached hydrogens (tertiary/aromatic N) is 2. The van der Waals surface area contributed by atoms with Crippen LogP contribution >= 0.6 is 23.2 Å². The van der Waals surface area contributed by atoms with E-state index in [9.17, 15) is 0 Å². The van der Waals surface area contributed by atoms with E-state index in [-0.39, 0.29) is 0 Å². The summed E-state index contributed by atoms with van der Waals surface area (Å²) in [6.45, 7) is 1.91. The Morgan fingerprint density at radius 2 is 1.94 bits per heavy atom. The summed E-state index contributed by atoms with van der Waals surface area (Å²) in [6.07, 6.45) is 1.52. The molecule has 18 heavy (non-hydrogen) atoms. The molecule has 0 atom stereocenters. The number of benzene rings is 1. The van der Waals surface area contributed by atoms with E-state index < -0.39 is 0 Å². The van der Waals surface area contributed by atoms with Crippen molar-refractivity contribution in [1.82, 2.24) is 4.98 Å². The van der Waals surface area contributed by atoms with Crippen molar-refractivity contribution in [3.63, 3.8) is 0 Å². The third-order valence-electron chi connectivity index (χ3n) is 2.33. The van der Waals surface area contributed by atoms with Crippen molar-refractivity contribution in [2.45, 2.75) is 6.92 Å². The quantitative estimate of drug-likeness (QED) is 0.675. The molecule has 0 fully saturated rings. The van der Waals surface area contributed by atoms with Crippen LogP contribution in [0.1, 0.15) is 12.5 Å². The van der Waals surface area contributed by atoms with Crippen molar-refractivity contribution in [3.8, 4) is 0 Å². The van der Waals surface area contributed by atoms with Crippen LogP contribution in [-0.2, 0) is 0 Å². The Balaban J connectivity index is 2.15. The van der Waals surface area contributed by atoms with E-state index >= 15 is 0 Å². The fourth-order valence-corrected chi connectivity index (χ4v) is 1.80. The number of hydrogen-bond donors (Lipinski definition) is 1. The van der Waals surface area contributed by atoms with Crippen molar-refractivity contribution in [2.24, 2.45) is 5.10 Å². The average Bonchev–Trinajstić information content (AvgIpc) is 2.38. The largest absolute Gasteiger partial charge is 0.260 e. The Labute approximate surface area is 115 Å². The van der Waals surface area contributed by atoms with E-state index in [0.29, 0.717) is 15.9 Å². The minimum absolute atomic E-state index is 0.437. The topological polar surface area (TPSA) is 37.3 Å². The van der Waals surface area contributed by atoms with E-state index in [0.717, 1.165) is 11.3 Å². The van der Waals surface area contributed by atoms with Gasteiger partial charge in [0.15, 0.2) is 5.82 Å². The summed E-state index contributed by atoms with van der Waals surface area (Å²) in [5.41, 5.74) is 4.71. The zero-order valence-corrected chi connectivity index (χ0v) is 11.2. The lowest BCUT2D eigenvalue weighted by molar-refractivity contribution is 1.22. The van der Waals surface area contributed by atoms with Gasteiger partial charge in [-0.15, -0.1) is 0 Å². The van der Waals surface area contributed by atoms with Gasteiger partial charge in [0.05, 0.1) is 15.8 Å². The fourth-order valence-electron chi connectivity index (χ4n) is 1.38. The molecule has 5 heteroatoms. The molecule has 2 rings (SSSR count). The first-order valence-electron chi connectivity index (χ1n) is 5.33. The van der Waals surface area contributed by atoms with Gasteiger partial charge in [0, 0.05) is 6.20 Å². The number of halogens is 2. The molecule has 0 radical (unpaired) electrons. The molecular formula is C13H11Cl2N3. The van der Waals surface area contributed by atoms with Gasteiger partial charge in [0.1, 0.15) is 0 Å². The second-order valence-corrected chi connectivity index (χ2v) is 4.50. The molecule has 0 aliphatic rings. The van der Waals surface area contributed by atoms with Crippen molar-refractivity contribution < 1.29 is 0 Å². The summed E-state index contributed by atoms with van der Waals surface area (Å²) >= 11 is 11.7. The summed E-state index contributed by atoms with van der Waals surface area (Å²) in [5.74, 6) is 0.483. The number of hydrogen-bond acceptors (Lipinski definition) is 3. The Morgan fingerprint density at radius 1 is 1.22 bits per heavy atom. The van der Waals surface area contributed by atoms with Gasteiger partial charge in [0.2, 0.25) is 0 Å². The lowest BCUT2D eigenvalue weighted by Crippen LogP contribution is -2.00. The summed E-state index contributed by atoms with van der Waals surface area (Å²) < 4.78 is 0. The third-order valence-corrected chi connectivity index (χ3v) is 2.82. The first-order valence-corrected chi connectivity index (χ1v) is 6.09. The highest BCUT2D eigenvalue weighted by Crippen LogP contribution is 2.22. The predicted molar refractivity (Wildman–Crippen MR) is 76.5 cm³/mol. The molecule has 0 spiro atoms. The van der Waals surface area contributed by atoms with Gasteiger partial charge in [-0.1, -0.05) is 53.5 Å². The van der Waals surface area contributed by atoms with Crippen LogP contribution in [0.25, 0.3) is 0 Å². The number of anilines is 1. The highest BCUT2D eigenvalue weighted by molar-refractivity contribution is 6.35. The Bertz CT molecular complexity index is 568. The van der Waals surface area contributed by atoms with E-state index in [1.165, 1.54) is 6.20 Å². The molecule has 1 aromatic heterocycles. The van der Waals surface area contributed by atoms with Gasteiger partial charge in [-0.3, -0.25) is 5.43 Å². The smallest absolute Gasteiger partial charge is 0.165 e. The van der Waals surface area contributed by atoms with Gasteiger partial charge in [-0.05, 0) is 18.6 Å². The van der Waals surface area contributed by atoms with Crippen LogP contribution in [0.3, 0.4) is 0 Å². The van der Waals surface area contributed by atoms with Crippen LogP contribution in [0.5, 0.6) is 0 Å². The Kier molecular flexibility index (Phi) is 4.18. The highest BCUT2D eigenvalue weighted by Gasteiger charge is 2.02. The van der Waals surface area contributed by atoms with Crippen LogP contribution in [-0.4, -0.2) is 10.7 Å². The zero-order valence-electron chi connectivity index (χ0n) is 9.69. The summed E-state index contributed by atoms with van der Waals surface area (Å²) in [5, 5.41) is 5.16. The van der Waals surface area contributed by atoms with Crippen molar-refractivity contribution in [2.75, 3.05) is 5.43 Å². The molecule has 1 N–H and O–H groups in total. The third kappa shape index (κ3) is 3.22.